The Morgan fingerprint density at radius 1 is 0.625 bits per heavy atom. The molecular weight excluding hydrogens is 807 g/mol. The predicted molar refractivity (Wildman–Crippen MR) is 260 cm³/mol. The van der Waals surface area contributed by atoms with Crippen LogP contribution in [0.3, 0.4) is 0 Å². The average Bonchev–Trinajstić information content (AvgIpc) is 3.30. The van der Waals surface area contributed by atoms with E-state index in [2.05, 4.69) is 24.5 Å². The number of carbonyl (C=O) groups excluding carboxylic acids is 3. The Morgan fingerprint density at radius 2 is 1.05 bits per heavy atom. The first-order valence-corrected chi connectivity index (χ1v) is 26.4. The molecule has 1 aromatic carbocycles. The maximum Gasteiger partial charge on any atom is 0.408 e. The minimum Gasteiger partial charge on any atom is -0.445 e. The first-order chi connectivity index (χ1) is 31.2. The van der Waals surface area contributed by atoms with Gasteiger partial charge in [-0.1, -0.05) is 230 Å². The van der Waals surface area contributed by atoms with Crippen LogP contribution in [0.4, 0.5) is 4.79 Å². The molecule has 0 saturated carbocycles. The number of ether oxygens (including phenoxy) is 2. The Morgan fingerprint density at radius 3 is 1.48 bits per heavy atom. The molecule has 0 bridgehead atoms. The van der Waals surface area contributed by atoms with E-state index in [0.29, 0.717) is 13.0 Å². The SMILES string of the molecule is CCCCCCCCCCCCCCCCCCN(C(=O)CCCCCCCCCCCCCCCCC)[C@@H]1O[C@H](CO)[C@@H](O)[C@H](O)[C@H]1NC(=O)[C@H](C)NC(=O)OCc1ccccc1. The van der Waals surface area contributed by atoms with Crippen molar-refractivity contribution in [2.24, 2.45) is 0 Å². The van der Waals surface area contributed by atoms with Crippen molar-refractivity contribution in [2.45, 2.75) is 269 Å². The molecule has 11 nitrogen and oxygen atoms in total. The highest BCUT2D eigenvalue weighted by atomic mass is 16.6. The van der Waals surface area contributed by atoms with Gasteiger partial charge < -0.3 is 40.3 Å². The van der Waals surface area contributed by atoms with Crippen LogP contribution in [0.5, 0.6) is 0 Å². The second-order valence-electron chi connectivity index (χ2n) is 18.8. The molecule has 3 amide bonds. The fraction of sp³-hybridized carbons (Fsp3) is 0.830. The van der Waals surface area contributed by atoms with Crippen molar-refractivity contribution >= 4 is 17.9 Å². The highest BCUT2D eigenvalue weighted by Gasteiger charge is 2.48. The molecule has 370 valence electrons. The van der Waals surface area contributed by atoms with E-state index in [1.165, 1.54) is 155 Å². The summed E-state index contributed by atoms with van der Waals surface area (Å²) in [6.07, 6.45) is 32.4. The molecule has 2 rings (SSSR count). The number of carbonyl (C=O) groups is 3. The van der Waals surface area contributed by atoms with Crippen molar-refractivity contribution in [1.82, 2.24) is 15.5 Å². The van der Waals surface area contributed by atoms with Crippen LogP contribution in [0, 0.1) is 0 Å². The first-order valence-electron chi connectivity index (χ1n) is 26.4. The number of nitrogens with one attached hydrogen (secondary N) is 2. The molecule has 1 fully saturated rings. The van der Waals surface area contributed by atoms with Crippen molar-refractivity contribution in [3.8, 4) is 0 Å². The third-order valence-electron chi connectivity index (χ3n) is 13.0. The van der Waals surface area contributed by atoms with Gasteiger partial charge in [-0.3, -0.25) is 9.59 Å². The van der Waals surface area contributed by atoms with Gasteiger partial charge in [-0.05, 0) is 25.3 Å². The summed E-state index contributed by atoms with van der Waals surface area (Å²) < 4.78 is 11.5. The zero-order valence-corrected chi connectivity index (χ0v) is 40.9. The molecule has 1 saturated heterocycles. The second kappa shape index (κ2) is 38.4. The molecule has 11 heteroatoms. The van der Waals surface area contributed by atoms with Gasteiger partial charge in [0, 0.05) is 13.0 Å². The van der Waals surface area contributed by atoms with Crippen LogP contribution in [-0.4, -0.2) is 87.9 Å². The largest absolute Gasteiger partial charge is 0.445 e. The number of hydrogen-bond acceptors (Lipinski definition) is 8. The van der Waals surface area contributed by atoms with E-state index >= 15 is 0 Å². The van der Waals surface area contributed by atoms with Gasteiger partial charge in [0.1, 0.15) is 37.0 Å². The summed E-state index contributed by atoms with van der Waals surface area (Å²) in [5.74, 6) is -0.781. The minimum absolute atomic E-state index is 0.0305. The molecule has 1 aliphatic rings. The first kappa shape index (κ1) is 57.4. The number of aliphatic hydroxyl groups excluding tert-OH is 3. The van der Waals surface area contributed by atoms with E-state index in [-0.39, 0.29) is 12.5 Å². The van der Waals surface area contributed by atoms with Crippen LogP contribution in [0.2, 0.25) is 0 Å². The molecule has 5 N–H and O–H groups in total. The van der Waals surface area contributed by atoms with Gasteiger partial charge >= 0.3 is 6.09 Å². The van der Waals surface area contributed by atoms with Crippen molar-refractivity contribution in [1.29, 1.82) is 0 Å². The number of rotatable bonds is 40. The summed E-state index contributed by atoms with van der Waals surface area (Å²) >= 11 is 0. The molecule has 0 aromatic heterocycles. The molecule has 0 spiro atoms. The number of alkyl carbamates (subject to hydrolysis) is 1. The normalized spacial score (nSPS) is 19.0. The topological polar surface area (TPSA) is 158 Å². The lowest BCUT2D eigenvalue weighted by Crippen LogP contribution is -2.69. The molecule has 0 unspecified atom stereocenters. The highest BCUT2D eigenvalue weighted by Crippen LogP contribution is 2.26. The van der Waals surface area contributed by atoms with Gasteiger partial charge in [0.2, 0.25) is 11.8 Å². The van der Waals surface area contributed by atoms with Gasteiger partial charge in [0.25, 0.3) is 0 Å². The Balaban J connectivity index is 1.92. The number of hydrogen-bond donors (Lipinski definition) is 5. The van der Waals surface area contributed by atoms with E-state index in [4.69, 9.17) is 9.47 Å². The van der Waals surface area contributed by atoms with Crippen LogP contribution in [0.1, 0.15) is 232 Å². The van der Waals surface area contributed by atoms with E-state index in [9.17, 15) is 29.7 Å². The lowest BCUT2D eigenvalue weighted by Gasteiger charge is -2.47. The van der Waals surface area contributed by atoms with E-state index in [1.807, 2.05) is 30.3 Å². The van der Waals surface area contributed by atoms with Crippen LogP contribution in [0.25, 0.3) is 0 Å². The number of unbranched alkanes of at least 4 members (excludes halogenated alkanes) is 29. The molecular formula is C53H95N3O8. The van der Waals surface area contributed by atoms with Crippen molar-refractivity contribution in [3.05, 3.63) is 35.9 Å². The second-order valence-corrected chi connectivity index (χ2v) is 18.8. The molecule has 1 aromatic rings. The quantitative estimate of drug-likeness (QED) is 0.0407. The average molecular weight is 902 g/mol. The van der Waals surface area contributed by atoms with Crippen LogP contribution < -0.4 is 10.6 Å². The van der Waals surface area contributed by atoms with E-state index < -0.39 is 55.2 Å². The maximum atomic E-state index is 14.1. The van der Waals surface area contributed by atoms with Crippen molar-refractivity contribution in [2.75, 3.05) is 13.2 Å². The van der Waals surface area contributed by atoms with E-state index in [0.717, 1.165) is 56.9 Å². The standard InChI is InChI=1S/C53H95N3O8/c1-4-6-8-10-12-14-16-18-20-22-24-26-28-30-32-37-41-56(47(58)40-36-31-29-27-25-23-21-19-17-15-13-11-9-7-5-2)52-48(50(60)49(59)46(42-57)64-52)55-51(61)44(3)54-53(62)63-43-45-38-34-33-35-39-45/h33-35,38-39,44,46,48-50,52,57,59-60H,4-32,36-37,40-43H2,1-3H3,(H,54,62)(H,55,61)/t44-,46+,48+,49+,50+,52+/m0/s1. The number of nitrogens with zero attached hydrogens (tertiary/aromatic N) is 1. The predicted octanol–water partition coefficient (Wildman–Crippen LogP) is 11.6. The molecule has 0 aliphatic carbocycles. The van der Waals surface area contributed by atoms with Gasteiger partial charge in [0.15, 0.2) is 6.23 Å². The third kappa shape index (κ3) is 26.4. The Kier molecular flexibility index (Phi) is 34.4. The van der Waals surface area contributed by atoms with Gasteiger partial charge in [-0.2, -0.15) is 0 Å². The molecule has 1 aliphatic heterocycles. The summed E-state index contributed by atoms with van der Waals surface area (Å²) in [5.41, 5.74) is 0.797. The van der Waals surface area contributed by atoms with Crippen molar-refractivity contribution in [3.63, 3.8) is 0 Å². The zero-order chi connectivity index (χ0) is 46.5. The fourth-order valence-corrected chi connectivity index (χ4v) is 8.83. The molecule has 0 radical (unpaired) electrons. The molecule has 1 heterocycles. The Labute approximate surface area is 390 Å². The monoisotopic (exact) mass is 902 g/mol. The van der Waals surface area contributed by atoms with Crippen LogP contribution in [-0.2, 0) is 25.7 Å². The zero-order valence-electron chi connectivity index (χ0n) is 40.9. The summed E-state index contributed by atoms with van der Waals surface area (Å²) in [4.78, 5) is 41.8. The molecule has 64 heavy (non-hydrogen) atoms. The van der Waals surface area contributed by atoms with Gasteiger partial charge in [-0.25, -0.2) is 4.79 Å². The summed E-state index contributed by atoms with van der Waals surface area (Å²) in [6.45, 7) is 5.83. The maximum absolute atomic E-state index is 14.1. The smallest absolute Gasteiger partial charge is 0.408 e. The number of aliphatic hydroxyl groups is 3. The van der Waals surface area contributed by atoms with Gasteiger partial charge in [0.05, 0.1) is 6.61 Å². The minimum atomic E-state index is -1.54. The van der Waals surface area contributed by atoms with E-state index in [1.54, 1.807) is 4.90 Å². The molecule has 6 atom stereocenters. The summed E-state index contributed by atoms with van der Waals surface area (Å²) in [7, 11) is 0. The lowest BCUT2D eigenvalue weighted by molar-refractivity contribution is -0.231. The van der Waals surface area contributed by atoms with Gasteiger partial charge in [-0.15, -0.1) is 0 Å². The number of benzene rings is 1. The number of amides is 3. The Hall–Kier alpha value is -2.73. The fourth-order valence-electron chi connectivity index (χ4n) is 8.83. The Bertz CT molecular complexity index is 1290. The highest BCUT2D eigenvalue weighted by molar-refractivity contribution is 5.85. The third-order valence-corrected chi connectivity index (χ3v) is 13.0. The van der Waals surface area contributed by atoms with Crippen LogP contribution >= 0.6 is 0 Å². The van der Waals surface area contributed by atoms with Crippen molar-refractivity contribution < 1.29 is 39.2 Å². The summed E-state index contributed by atoms with van der Waals surface area (Å²) in [6, 6.07) is 6.92. The summed E-state index contributed by atoms with van der Waals surface area (Å²) in [5, 5.41) is 37.7. The lowest BCUT2D eigenvalue weighted by atomic mass is 9.94. The van der Waals surface area contributed by atoms with Crippen LogP contribution in [0.15, 0.2) is 30.3 Å².